The zero-order valence-corrected chi connectivity index (χ0v) is 15.3. The molecule has 0 saturated carbocycles. The van der Waals surface area contributed by atoms with Gasteiger partial charge in [0.25, 0.3) is 5.91 Å². The second-order valence-electron chi connectivity index (χ2n) is 5.65. The topological polar surface area (TPSA) is 63.2 Å². The standard InChI is InChI=1S/C17H16ClNO3S2/c1-24(21,22)13-4-2-3-11(9-13)17(20)19-15-7-8-23-16-6-5-12(18)10-14(15)16/h2-6,9-10,15H,7-8H2,1H3,(H,19,20). The summed E-state index contributed by atoms with van der Waals surface area (Å²) in [6, 6.07) is 11.6. The van der Waals surface area contributed by atoms with Crippen LogP contribution in [0.25, 0.3) is 0 Å². The van der Waals surface area contributed by atoms with E-state index in [1.165, 1.54) is 12.1 Å². The first-order valence-corrected chi connectivity index (χ1v) is 10.6. The van der Waals surface area contributed by atoms with E-state index >= 15 is 0 Å². The number of sulfone groups is 1. The Morgan fingerprint density at radius 1 is 1.25 bits per heavy atom. The molecule has 1 aliphatic heterocycles. The first-order valence-electron chi connectivity index (χ1n) is 7.38. The van der Waals surface area contributed by atoms with Crippen LogP contribution in [-0.4, -0.2) is 26.3 Å². The van der Waals surface area contributed by atoms with E-state index < -0.39 is 9.84 Å². The molecule has 0 saturated heterocycles. The third-order valence-corrected chi connectivity index (χ3v) is 6.31. The van der Waals surface area contributed by atoms with Crippen molar-refractivity contribution >= 4 is 39.1 Å². The monoisotopic (exact) mass is 381 g/mol. The first-order chi connectivity index (χ1) is 11.3. The Kier molecular flexibility index (Phi) is 4.90. The van der Waals surface area contributed by atoms with E-state index in [-0.39, 0.29) is 16.8 Å². The molecule has 0 spiro atoms. The van der Waals surface area contributed by atoms with Crippen molar-refractivity contribution in [1.82, 2.24) is 5.32 Å². The molecule has 4 nitrogen and oxygen atoms in total. The lowest BCUT2D eigenvalue weighted by Crippen LogP contribution is -2.30. The van der Waals surface area contributed by atoms with Crippen molar-refractivity contribution in [2.75, 3.05) is 12.0 Å². The first kappa shape index (κ1) is 17.3. The van der Waals surface area contributed by atoms with Crippen LogP contribution in [0.5, 0.6) is 0 Å². The van der Waals surface area contributed by atoms with E-state index in [0.717, 1.165) is 28.9 Å². The highest BCUT2D eigenvalue weighted by Crippen LogP contribution is 2.37. The number of carbonyl (C=O) groups excluding carboxylic acids is 1. The minimum atomic E-state index is -3.35. The third-order valence-electron chi connectivity index (χ3n) is 3.84. The van der Waals surface area contributed by atoms with E-state index in [4.69, 9.17) is 11.6 Å². The number of fused-ring (bicyclic) bond motifs is 1. The number of benzene rings is 2. The van der Waals surface area contributed by atoms with Gasteiger partial charge in [0.15, 0.2) is 9.84 Å². The van der Waals surface area contributed by atoms with Crippen LogP contribution >= 0.6 is 23.4 Å². The van der Waals surface area contributed by atoms with Crippen LogP contribution in [0.4, 0.5) is 0 Å². The molecule has 7 heteroatoms. The fourth-order valence-electron chi connectivity index (χ4n) is 2.62. The number of amides is 1. The van der Waals surface area contributed by atoms with Gasteiger partial charge in [-0.05, 0) is 48.4 Å². The van der Waals surface area contributed by atoms with Crippen LogP contribution in [0, 0.1) is 0 Å². The van der Waals surface area contributed by atoms with Crippen LogP contribution in [0.15, 0.2) is 52.3 Å². The highest BCUT2D eigenvalue weighted by atomic mass is 35.5. The summed E-state index contributed by atoms with van der Waals surface area (Å²) in [7, 11) is -3.35. The Balaban J connectivity index is 1.85. The lowest BCUT2D eigenvalue weighted by Gasteiger charge is -2.26. The maximum atomic E-state index is 12.5. The molecule has 1 amide bonds. The molecular formula is C17H16ClNO3S2. The van der Waals surface area contributed by atoms with Gasteiger partial charge in [0.1, 0.15) is 0 Å². The molecule has 126 valence electrons. The fourth-order valence-corrected chi connectivity index (χ4v) is 4.58. The Bertz CT molecular complexity index is 896. The van der Waals surface area contributed by atoms with Gasteiger partial charge in [0.2, 0.25) is 0 Å². The van der Waals surface area contributed by atoms with Gasteiger partial charge in [-0.25, -0.2) is 8.42 Å². The number of hydrogen-bond donors (Lipinski definition) is 1. The smallest absolute Gasteiger partial charge is 0.251 e. The van der Waals surface area contributed by atoms with Crippen molar-refractivity contribution in [3.8, 4) is 0 Å². The molecule has 0 aromatic heterocycles. The number of nitrogens with one attached hydrogen (secondary N) is 1. The molecule has 2 aromatic carbocycles. The van der Waals surface area contributed by atoms with Crippen molar-refractivity contribution in [3.63, 3.8) is 0 Å². The van der Waals surface area contributed by atoms with E-state index in [1.807, 2.05) is 18.2 Å². The van der Waals surface area contributed by atoms with Gasteiger partial charge in [0.05, 0.1) is 10.9 Å². The Hall–Kier alpha value is -1.50. The predicted molar refractivity (Wildman–Crippen MR) is 96.6 cm³/mol. The lowest BCUT2D eigenvalue weighted by molar-refractivity contribution is 0.0934. The molecule has 1 heterocycles. The van der Waals surface area contributed by atoms with Crippen LogP contribution < -0.4 is 5.32 Å². The highest BCUT2D eigenvalue weighted by molar-refractivity contribution is 7.99. The van der Waals surface area contributed by atoms with Gasteiger partial charge in [-0.3, -0.25) is 4.79 Å². The molecule has 1 unspecified atom stereocenters. The summed E-state index contributed by atoms with van der Waals surface area (Å²) in [5.41, 5.74) is 1.34. The molecule has 0 fully saturated rings. The molecule has 3 rings (SSSR count). The minimum Gasteiger partial charge on any atom is -0.345 e. The summed E-state index contributed by atoms with van der Waals surface area (Å²) < 4.78 is 23.3. The van der Waals surface area contributed by atoms with Gasteiger partial charge in [-0.15, -0.1) is 11.8 Å². The Labute approximate surface area is 150 Å². The van der Waals surface area contributed by atoms with E-state index in [2.05, 4.69) is 5.32 Å². The molecular weight excluding hydrogens is 366 g/mol. The average molecular weight is 382 g/mol. The third kappa shape index (κ3) is 3.77. The van der Waals surface area contributed by atoms with E-state index in [0.29, 0.717) is 10.6 Å². The van der Waals surface area contributed by atoms with Crippen molar-refractivity contribution < 1.29 is 13.2 Å². The summed E-state index contributed by atoms with van der Waals surface area (Å²) in [6.45, 7) is 0. The van der Waals surface area contributed by atoms with Crippen molar-refractivity contribution in [3.05, 3.63) is 58.6 Å². The molecule has 1 N–H and O–H groups in total. The number of thioether (sulfide) groups is 1. The van der Waals surface area contributed by atoms with Gasteiger partial charge < -0.3 is 5.32 Å². The summed E-state index contributed by atoms with van der Waals surface area (Å²) in [4.78, 5) is 13.8. The predicted octanol–water partition coefficient (Wildman–Crippen LogP) is 3.71. The second-order valence-corrected chi connectivity index (χ2v) is 9.23. The SMILES string of the molecule is CS(=O)(=O)c1cccc(C(=O)NC2CCSc3ccc(Cl)cc32)c1. The maximum Gasteiger partial charge on any atom is 0.251 e. The van der Waals surface area contributed by atoms with E-state index in [1.54, 1.807) is 23.9 Å². The summed E-state index contributed by atoms with van der Waals surface area (Å²) >= 11 is 7.82. The normalized spacial score (nSPS) is 17.2. The van der Waals surface area contributed by atoms with Crippen molar-refractivity contribution in [2.24, 2.45) is 0 Å². The highest BCUT2D eigenvalue weighted by Gasteiger charge is 2.23. The molecule has 24 heavy (non-hydrogen) atoms. The van der Waals surface area contributed by atoms with Gasteiger partial charge in [-0.2, -0.15) is 0 Å². The maximum absolute atomic E-state index is 12.5. The largest absolute Gasteiger partial charge is 0.345 e. The van der Waals surface area contributed by atoms with Crippen molar-refractivity contribution in [1.29, 1.82) is 0 Å². The summed E-state index contributed by atoms with van der Waals surface area (Å²) in [5.74, 6) is 0.617. The molecule has 0 aliphatic carbocycles. The number of hydrogen-bond acceptors (Lipinski definition) is 4. The number of rotatable bonds is 3. The fraction of sp³-hybridized carbons (Fsp3) is 0.235. The molecule has 2 aromatic rings. The summed E-state index contributed by atoms with van der Waals surface area (Å²) in [5, 5.41) is 3.63. The quantitative estimate of drug-likeness (QED) is 0.880. The number of halogens is 1. The van der Waals surface area contributed by atoms with Crippen LogP contribution in [0.2, 0.25) is 5.02 Å². The number of carbonyl (C=O) groups is 1. The average Bonchev–Trinajstić information content (AvgIpc) is 2.55. The molecule has 1 aliphatic rings. The molecule has 0 bridgehead atoms. The van der Waals surface area contributed by atoms with Crippen molar-refractivity contribution in [2.45, 2.75) is 22.3 Å². The van der Waals surface area contributed by atoms with Crippen LogP contribution in [-0.2, 0) is 9.84 Å². The second kappa shape index (κ2) is 6.78. The van der Waals surface area contributed by atoms with Gasteiger partial charge in [-0.1, -0.05) is 17.7 Å². The zero-order valence-electron chi connectivity index (χ0n) is 13.0. The summed E-state index contributed by atoms with van der Waals surface area (Å²) in [6.07, 6.45) is 1.93. The zero-order chi connectivity index (χ0) is 17.3. The molecule has 0 radical (unpaired) electrons. The van der Waals surface area contributed by atoms with Gasteiger partial charge >= 0.3 is 0 Å². The van der Waals surface area contributed by atoms with Crippen LogP contribution in [0.3, 0.4) is 0 Å². The lowest BCUT2D eigenvalue weighted by atomic mass is 10.0. The minimum absolute atomic E-state index is 0.130. The molecule has 1 atom stereocenters. The van der Waals surface area contributed by atoms with E-state index in [9.17, 15) is 13.2 Å². The van der Waals surface area contributed by atoms with Gasteiger partial charge in [0, 0.05) is 27.5 Å². The van der Waals surface area contributed by atoms with Crippen LogP contribution in [0.1, 0.15) is 28.4 Å². The Morgan fingerprint density at radius 2 is 2.04 bits per heavy atom. The Morgan fingerprint density at radius 3 is 2.79 bits per heavy atom.